The molecule has 2 aliphatic heterocycles. The number of likely N-dealkylation sites (tertiary alicyclic amines) is 1. The molecular formula is C26H28N4O3. The second-order valence-corrected chi connectivity index (χ2v) is 8.67. The molecule has 1 saturated heterocycles. The molecule has 4 heterocycles. The Morgan fingerprint density at radius 2 is 2.12 bits per heavy atom. The van der Waals surface area contributed by atoms with Gasteiger partial charge in [0.1, 0.15) is 11.3 Å². The van der Waals surface area contributed by atoms with E-state index in [-0.39, 0.29) is 5.91 Å². The van der Waals surface area contributed by atoms with E-state index in [1.165, 1.54) is 0 Å². The van der Waals surface area contributed by atoms with Gasteiger partial charge < -0.3 is 19.4 Å². The van der Waals surface area contributed by atoms with Gasteiger partial charge in [0.25, 0.3) is 0 Å². The Labute approximate surface area is 193 Å². The van der Waals surface area contributed by atoms with Crippen molar-refractivity contribution in [2.75, 3.05) is 26.2 Å². The van der Waals surface area contributed by atoms with Crippen LogP contribution in [0, 0.1) is 5.92 Å². The van der Waals surface area contributed by atoms with Gasteiger partial charge >= 0.3 is 0 Å². The highest BCUT2D eigenvalue weighted by Crippen LogP contribution is 2.29. The Balaban J connectivity index is 1.15. The van der Waals surface area contributed by atoms with Crippen molar-refractivity contribution in [2.24, 2.45) is 10.9 Å². The molecule has 5 rings (SSSR count). The fraction of sp³-hybridized carbons (Fsp3) is 0.346. The molecule has 2 aliphatic rings. The molecule has 1 N–H and O–H groups in total. The molecule has 0 spiro atoms. The molecule has 170 valence electrons. The molecular weight excluding hydrogens is 416 g/mol. The van der Waals surface area contributed by atoms with Crippen molar-refractivity contribution in [2.45, 2.75) is 26.3 Å². The van der Waals surface area contributed by atoms with Crippen molar-refractivity contribution >= 4 is 28.7 Å². The van der Waals surface area contributed by atoms with E-state index < -0.39 is 0 Å². The van der Waals surface area contributed by atoms with Crippen LogP contribution in [0.3, 0.4) is 0 Å². The lowest BCUT2D eigenvalue weighted by atomic mass is 9.96. The highest BCUT2D eigenvalue weighted by atomic mass is 16.5. The lowest BCUT2D eigenvalue weighted by molar-refractivity contribution is -0.130. The molecule has 33 heavy (non-hydrogen) atoms. The van der Waals surface area contributed by atoms with Gasteiger partial charge in [-0.1, -0.05) is 0 Å². The molecule has 1 fully saturated rings. The number of fused-ring (bicyclic) bond motifs is 1. The first-order valence-electron chi connectivity index (χ1n) is 11.5. The van der Waals surface area contributed by atoms with Crippen LogP contribution in [0.1, 0.15) is 30.9 Å². The van der Waals surface area contributed by atoms with Crippen LogP contribution in [-0.2, 0) is 11.3 Å². The van der Waals surface area contributed by atoms with E-state index in [1.807, 2.05) is 60.0 Å². The molecule has 7 nitrogen and oxygen atoms in total. The minimum atomic E-state index is 0.180. The maximum absolute atomic E-state index is 11.5. The third kappa shape index (κ3) is 4.98. The maximum Gasteiger partial charge on any atom is 0.219 e. The Kier molecular flexibility index (Phi) is 6.21. The number of carbonyl (C=O) groups excluding carboxylic acids is 1. The average molecular weight is 445 g/mol. The molecule has 0 saturated carbocycles. The van der Waals surface area contributed by atoms with Gasteiger partial charge in [0.2, 0.25) is 11.8 Å². The molecule has 1 amide bonds. The van der Waals surface area contributed by atoms with E-state index in [9.17, 15) is 4.79 Å². The number of pyridine rings is 1. The smallest absolute Gasteiger partial charge is 0.219 e. The van der Waals surface area contributed by atoms with E-state index in [0.29, 0.717) is 24.1 Å². The number of carbonyl (C=O) groups is 1. The number of aliphatic imine (C=N–C) groups is 1. The van der Waals surface area contributed by atoms with E-state index in [2.05, 4.69) is 15.3 Å². The van der Waals surface area contributed by atoms with Crippen LogP contribution < -0.4 is 10.1 Å². The van der Waals surface area contributed by atoms with E-state index in [4.69, 9.17) is 9.15 Å². The lowest BCUT2D eigenvalue weighted by Gasteiger charge is -2.31. The van der Waals surface area contributed by atoms with Crippen LogP contribution in [0.25, 0.3) is 16.5 Å². The number of ether oxygens (including phenoxy) is 1. The largest absolute Gasteiger partial charge is 0.464 e. The second-order valence-electron chi connectivity index (χ2n) is 8.67. The van der Waals surface area contributed by atoms with Crippen molar-refractivity contribution in [3.05, 3.63) is 60.0 Å². The Morgan fingerprint density at radius 3 is 2.85 bits per heavy atom. The molecule has 2 aromatic heterocycles. The SMILES string of the molecule is CC(=O)N1CCC(CNCc2coc3cc(Oc4ccc(C5=CC=NC5)cn4)ccc23)CC1. The van der Waals surface area contributed by atoms with Gasteiger partial charge in [-0.05, 0) is 60.7 Å². The normalized spacial score (nSPS) is 16.4. The van der Waals surface area contributed by atoms with Gasteiger partial charge in [0.05, 0.1) is 12.8 Å². The third-order valence-corrected chi connectivity index (χ3v) is 6.41. The number of amides is 1. The van der Waals surface area contributed by atoms with Crippen LogP contribution >= 0.6 is 0 Å². The summed E-state index contributed by atoms with van der Waals surface area (Å²) in [4.78, 5) is 22.0. The molecule has 3 aromatic rings. The van der Waals surface area contributed by atoms with Crippen LogP contribution in [0.5, 0.6) is 11.6 Å². The number of hydrogen-bond acceptors (Lipinski definition) is 6. The summed E-state index contributed by atoms with van der Waals surface area (Å²) < 4.78 is 11.7. The van der Waals surface area contributed by atoms with Crippen LogP contribution in [-0.4, -0.2) is 48.2 Å². The zero-order chi connectivity index (χ0) is 22.6. The molecule has 1 aromatic carbocycles. The van der Waals surface area contributed by atoms with E-state index >= 15 is 0 Å². The van der Waals surface area contributed by atoms with Gasteiger partial charge in [0, 0.05) is 62.1 Å². The standard InChI is InChI=1S/C26H28N4O3/c1-18(31)30-10-7-19(8-11-30)13-28-15-22-17-32-25-12-23(3-4-24(22)25)33-26-5-2-20(16-29-26)21-6-9-27-14-21/h2-6,9,12,16-17,19,28H,7-8,10-11,13-15H2,1H3. The molecule has 7 heteroatoms. The number of nitrogens with one attached hydrogen (secondary N) is 1. The lowest BCUT2D eigenvalue weighted by Crippen LogP contribution is -2.39. The predicted octanol–water partition coefficient (Wildman–Crippen LogP) is 4.44. The van der Waals surface area contributed by atoms with Crippen molar-refractivity contribution < 1.29 is 13.9 Å². The number of piperidine rings is 1. The maximum atomic E-state index is 11.5. The molecule has 0 atom stereocenters. The summed E-state index contributed by atoms with van der Waals surface area (Å²) in [6, 6.07) is 9.76. The van der Waals surface area contributed by atoms with Crippen LogP contribution in [0.4, 0.5) is 0 Å². The van der Waals surface area contributed by atoms with Crippen LogP contribution in [0.2, 0.25) is 0 Å². The number of rotatable bonds is 7. The minimum absolute atomic E-state index is 0.180. The predicted molar refractivity (Wildman–Crippen MR) is 129 cm³/mol. The summed E-state index contributed by atoms with van der Waals surface area (Å²) in [5.41, 5.74) is 4.15. The summed E-state index contributed by atoms with van der Waals surface area (Å²) in [7, 11) is 0. The van der Waals surface area contributed by atoms with Crippen molar-refractivity contribution in [1.29, 1.82) is 0 Å². The molecule has 0 bridgehead atoms. The Bertz CT molecular complexity index is 1190. The summed E-state index contributed by atoms with van der Waals surface area (Å²) in [6.45, 7) is 5.78. The highest BCUT2D eigenvalue weighted by molar-refractivity contribution is 5.89. The number of allylic oxidation sites excluding steroid dienone is 1. The fourth-order valence-electron chi connectivity index (χ4n) is 4.41. The monoisotopic (exact) mass is 444 g/mol. The quantitative estimate of drug-likeness (QED) is 0.583. The number of aromatic nitrogens is 1. The zero-order valence-electron chi connectivity index (χ0n) is 18.8. The Morgan fingerprint density at radius 1 is 1.24 bits per heavy atom. The first-order chi connectivity index (χ1) is 16.2. The number of hydrogen-bond donors (Lipinski definition) is 1. The van der Waals surface area contributed by atoms with E-state index in [0.717, 1.165) is 66.7 Å². The highest BCUT2D eigenvalue weighted by Gasteiger charge is 2.20. The zero-order valence-corrected chi connectivity index (χ0v) is 18.8. The topological polar surface area (TPSA) is 80.0 Å². The summed E-state index contributed by atoms with van der Waals surface area (Å²) in [5, 5.41) is 4.64. The fourth-order valence-corrected chi connectivity index (χ4v) is 4.41. The Hall–Kier alpha value is -3.45. The molecule has 0 aliphatic carbocycles. The average Bonchev–Trinajstić information content (AvgIpc) is 3.50. The minimum Gasteiger partial charge on any atom is -0.464 e. The van der Waals surface area contributed by atoms with Gasteiger partial charge in [0.15, 0.2) is 0 Å². The summed E-state index contributed by atoms with van der Waals surface area (Å²) >= 11 is 0. The first kappa shape index (κ1) is 21.4. The van der Waals surface area contributed by atoms with Gasteiger partial charge in [-0.2, -0.15) is 0 Å². The van der Waals surface area contributed by atoms with Gasteiger partial charge in [-0.3, -0.25) is 9.79 Å². The summed E-state index contributed by atoms with van der Waals surface area (Å²) in [6.07, 6.45) is 9.56. The van der Waals surface area contributed by atoms with E-state index in [1.54, 1.807) is 6.92 Å². The van der Waals surface area contributed by atoms with Crippen molar-refractivity contribution in [1.82, 2.24) is 15.2 Å². The van der Waals surface area contributed by atoms with Gasteiger partial charge in [-0.25, -0.2) is 4.98 Å². The molecule has 0 radical (unpaired) electrons. The number of benzene rings is 1. The molecule has 0 unspecified atom stereocenters. The summed E-state index contributed by atoms with van der Waals surface area (Å²) in [5.74, 6) is 2.02. The third-order valence-electron chi connectivity index (χ3n) is 6.41. The number of nitrogens with zero attached hydrogens (tertiary/aromatic N) is 3. The van der Waals surface area contributed by atoms with Crippen molar-refractivity contribution in [3.8, 4) is 11.6 Å². The second kappa shape index (κ2) is 9.58. The number of furan rings is 1. The van der Waals surface area contributed by atoms with Gasteiger partial charge in [-0.15, -0.1) is 0 Å². The first-order valence-corrected chi connectivity index (χ1v) is 11.5. The van der Waals surface area contributed by atoms with Crippen LogP contribution in [0.15, 0.2) is 58.3 Å². The van der Waals surface area contributed by atoms with Crippen molar-refractivity contribution in [3.63, 3.8) is 0 Å².